The molecule has 7 nitrogen and oxygen atoms in total. The fourth-order valence-corrected chi connectivity index (χ4v) is 4.28. The van der Waals surface area contributed by atoms with Gasteiger partial charge in [0.2, 0.25) is 5.76 Å². The van der Waals surface area contributed by atoms with Crippen molar-refractivity contribution in [1.29, 1.82) is 0 Å². The molecule has 1 aliphatic heterocycles. The standard InChI is InChI=1S/C27H25NO6/c1-16(2)15-33-21-11-10-17(13-22(21)31-3)24-23-25(29)19-8-4-5-9-20(19)34-26(23)27(30)28(24)14-18-7-6-12-32-18/h4-13,16,24H,14-15H2,1-3H3. The van der Waals surface area contributed by atoms with Gasteiger partial charge in [-0.15, -0.1) is 0 Å². The van der Waals surface area contributed by atoms with E-state index in [-0.39, 0.29) is 23.6 Å². The van der Waals surface area contributed by atoms with E-state index in [1.54, 1.807) is 54.7 Å². The monoisotopic (exact) mass is 459 g/mol. The molecule has 0 radical (unpaired) electrons. The second-order valence-corrected chi connectivity index (χ2v) is 8.70. The lowest BCUT2D eigenvalue weighted by atomic mass is 9.98. The van der Waals surface area contributed by atoms with Crippen LogP contribution in [0.2, 0.25) is 0 Å². The van der Waals surface area contributed by atoms with Gasteiger partial charge in [0.15, 0.2) is 16.9 Å². The summed E-state index contributed by atoms with van der Waals surface area (Å²) in [4.78, 5) is 28.7. The highest BCUT2D eigenvalue weighted by Crippen LogP contribution is 2.41. The second kappa shape index (κ2) is 8.74. The number of fused-ring (bicyclic) bond motifs is 2. The largest absolute Gasteiger partial charge is 0.493 e. The minimum Gasteiger partial charge on any atom is -0.493 e. The molecule has 0 saturated heterocycles. The Bertz CT molecular complexity index is 1400. The Morgan fingerprint density at radius 2 is 1.85 bits per heavy atom. The van der Waals surface area contributed by atoms with Gasteiger partial charge in [0, 0.05) is 0 Å². The molecule has 1 atom stereocenters. The molecule has 1 unspecified atom stereocenters. The molecule has 0 fully saturated rings. The Morgan fingerprint density at radius 3 is 2.59 bits per heavy atom. The summed E-state index contributed by atoms with van der Waals surface area (Å²) in [5, 5.41) is 0.433. The molecule has 2 aromatic carbocycles. The lowest BCUT2D eigenvalue weighted by Crippen LogP contribution is -2.29. The summed E-state index contributed by atoms with van der Waals surface area (Å²) in [6.07, 6.45) is 1.56. The first kappa shape index (κ1) is 21.8. The number of amides is 1. The van der Waals surface area contributed by atoms with E-state index in [1.165, 1.54) is 0 Å². The van der Waals surface area contributed by atoms with Gasteiger partial charge in [-0.3, -0.25) is 9.59 Å². The number of para-hydroxylation sites is 1. The van der Waals surface area contributed by atoms with E-state index in [4.69, 9.17) is 18.3 Å². The number of rotatable bonds is 7. The average molecular weight is 459 g/mol. The minimum atomic E-state index is -0.665. The van der Waals surface area contributed by atoms with Crippen LogP contribution in [0.25, 0.3) is 11.0 Å². The quantitative estimate of drug-likeness (QED) is 0.379. The number of nitrogens with zero attached hydrogens (tertiary/aromatic N) is 1. The Balaban J connectivity index is 1.66. The maximum Gasteiger partial charge on any atom is 0.291 e. The van der Waals surface area contributed by atoms with Crippen molar-refractivity contribution in [2.75, 3.05) is 13.7 Å². The molecule has 0 spiro atoms. The summed E-state index contributed by atoms with van der Waals surface area (Å²) >= 11 is 0. The highest BCUT2D eigenvalue weighted by Gasteiger charge is 2.43. The Labute approximate surface area is 196 Å². The van der Waals surface area contributed by atoms with E-state index in [9.17, 15) is 9.59 Å². The van der Waals surface area contributed by atoms with Gasteiger partial charge in [-0.1, -0.05) is 32.0 Å². The van der Waals surface area contributed by atoms with Crippen molar-refractivity contribution in [3.8, 4) is 11.5 Å². The topological polar surface area (TPSA) is 82.1 Å². The van der Waals surface area contributed by atoms with E-state index < -0.39 is 6.04 Å². The minimum absolute atomic E-state index is 0.0550. The van der Waals surface area contributed by atoms with E-state index in [0.29, 0.717) is 46.3 Å². The number of ether oxygens (including phenoxy) is 2. The van der Waals surface area contributed by atoms with Crippen molar-refractivity contribution in [3.63, 3.8) is 0 Å². The van der Waals surface area contributed by atoms with E-state index in [2.05, 4.69) is 13.8 Å². The molecule has 34 heavy (non-hydrogen) atoms. The fraction of sp³-hybridized carbons (Fsp3) is 0.259. The number of hydrogen-bond donors (Lipinski definition) is 0. The maximum absolute atomic E-state index is 13.6. The van der Waals surface area contributed by atoms with Gasteiger partial charge in [0.25, 0.3) is 5.91 Å². The van der Waals surface area contributed by atoms with Gasteiger partial charge < -0.3 is 23.2 Å². The molecule has 0 N–H and O–H groups in total. The van der Waals surface area contributed by atoms with Crippen LogP contribution in [0.1, 0.15) is 47.3 Å². The summed E-state index contributed by atoms with van der Waals surface area (Å²) in [6.45, 7) is 4.86. The highest BCUT2D eigenvalue weighted by atomic mass is 16.5. The normalized spacial score (nSPS) is 15.2. The summed E-state index contributed by atoms with van der Waals surface area (Å²) in [5.41, 5.74) is 1.19. The molecule has 5 rings (SSSR count). The third-order valence-electron chi connectivity index (χ3n) is 5.86. The number of methoxy groups -OCH3 is 1. The van der Waals surface area contributed by atoms with Crippen LogP contribution in [0, 0.1) is 5.92 Å². The van der Waals surface area contributed by atoms with Crippen LogP contribution >= 0.6 is 0 Å². The number of furan rings is 1. The van der Waals surface area contributed by atoms with Gasteiger partial charge >= 0.3 is 0 Å². The van der Waals surface area contributed by atoms with Crippen molar-refractivity contribution in [1.82, 2.24) is 4.90 Å². The number of carbonyl (C=O) groups is 1. The molecule has 0 aliphatic carbocycles. The van der Waals surface area contributed by atoms with Crippen LogP contribution in [-0.4, -0.2) is 24.5 Å². The molecular weight excluding hydrogens is 434 g/mol. The van der Waals surface area contributed by atoms with Crippen LogP contribution in [0.4, 0.5) is 0 Å². The average Bonchev–Trinajstić information content (AvgIpc) is 3.45. The van der Waals surface area contributed by atoms with Gasteiger partial charge in [0.1, 0.15) is 11.3 Å². The second-order valence-electron chi connectivity index (χ2n) is 8.70. The molecular formula is C27H25NO6. The van der Waals surface area contributed by atoms with Crippen LogP contribution in [0.15, 0.2) is 74.5 Å². The van der Waals surface area contributed by atoms with Crippen LogP contribution < -0.4 is 14.9 Å². The van der Waals surface area contributed by atoms with E-state index in [1.807, 2.05) is 18.2 Å². The first-order valence-corrected chi connectivity index (χ1v) is 11.2. The van der Waals surface area contributed by atoms with Gasteiger partial charge in [-0.2, -0.15) is 0 Å². The molecule has 0 bridgehead atoms. The maximum atomic E-state index is 13.6. The van der Waals surface area contributed by atoms with Gasteiger partial charge in [-0.05, 0) is 47.9 Å². The van der Waals surface area contributed by atoms with Crippen molar-refractivity contribution in [2.45, 2.75) is 26.4 Å². The predicted molar refractivity (Wildman–Crippen MR) is 126 cm³/mol. The summed E-state index contributed by atoms with van der Waals surface area (Å²) in [7, 11) is 1.57. The zero-order valence-corrected chi connectivity index (χ0v) is 19.2. The van der Waals surface area contributed by atoms with Crippen molar-refractivity contribution < 1.29 is 23.1 Å². The fourth-order valence-electron chi connectivity index (χ4n) is 4.28. The predicted octanol–water partition coefficient (Wildman–Crippen LogP) is 5.17. The highest BCUT2D eigenvalue weighted by molar-refractivity contribution is 5.99. The molecule has 174 valence electrons. The summed E-state index contributed by atoms with van der Waals surface area (Å²) in [6, 6.07) is 15.3. The first-order valence-electron chi connectivity index (χ1n) is 11.2. The number of carbonyl (C=O) groups excluding carboxylic acids is 1. The molecule has 7 heteroatoms. The lowest BCUT2D eigenvalue weighted by molar-refractivity contribution is 0.0701. The first-order chi connectivity index (χ1) is 16.5. The van der Waals surface area contributed by atoms with E-state index in [0.717, 1.165) is 5.56 Å². The molecule has 1 amide bonds. The van der Waals surface area contributed by atoms with Crippen LogP contribution in [-0.2, 0) is 6.54 Å². The van der Waals surface area contributed by atoms with Crippen molar-refractivity contribution >= 4 is 16.9 Å². The SMILES string of the molecule is COc1cc(C2c3c(oc4ccccc4c3=O)C(=O)N2Cc2ccco2)ccc1OCC(C)C. The molecule has 1 aliphatic rings. The van der Waals surface area contributed by atoms with Gasteiger partial charge in [0.05, 0.1) is 43.5 Å². The molecule has 4 aromatic rings. The number of benzene rings is 2. The lowest BCUT2D eigenvalue weighted by Gasteiger charge is -2.25. The van der Waals surface area contributed by atoms with E-state index >= 15 is 0 Å². The zero-order chi connectivity index (χ0) is 23.8. The number of hydrogen-bond acceptors (Lipinski definition) is 6. The molecule has 3 heterocycles. The zero-order valence-electron chi connectivity index (χ0n) is 19.2. The van der Waals surface area contributed by atoms with Crippen LogP contribution in [0.5, 0.6) is 11.5 Å². The van der Waals surface area contributed by atoms with Gasteiger partial charge in [-0.25, -0.2) is 0 Å². The van der Waals surface area contributed by atoms with Crippen molar-refractivity contribution in [2.24, 2.45) is 5.92 Å². The third-order valence-corrected chi connectivity index (χ3v) is 5.86. The smallest absolute Gasteiger partial charge is 0.291 e. The van der Waals surface area contributed by atoms with Crippen LogP contribution in [0.3, 0.4) is 0 Å². The third kappa shape index (κ3) is 3.73. The molecule has 2 aromatic heterocycles. The Morgan fingerprint density at radius 1 is 1.03 bits per heavy atom. The Kier molecular flexibility index (Phi) is 5.61. The molecule has 0 saturated carbocycles. The Hall–Kier alpha value is -4.00. The summed E-state index contributed by atoms with van der Waals surface area (Å²) in [5.74, 6) is 1.78. The summed E-state index contributed by atoms with van der Waals surface area (Å²) < 4.78 is 22.9. The van der Waals surface area contributed by atoms with Crippen molar-refractivity contribution in [3.05, 3.63) is 93.7 Å².